The van der Waals surface area contributed by atoms with Gasteiger partial charge in [0.05, 0.1) is 6.04 Å². The summed E-state index contributed by atoms with van der Waals surface area (Å²) >= 11 is 0. The molecule has 0 saturated heterocycles. The molecule has 0 aromatic heterocycles. The predicted octanol–water partition coefficient (Wildman–Crippen LogP) is 4.48. The Labute approximate surface area is 133 Å². The SMILES string of the molecule is CCC1C(NC(=O)OC(C)(C)C)c2ccccc2N[C@H]1CC. The molecule has 1 amide bonds. The van der Waals surface area contributed by atoms with E-state index in [4.69, 9.17) is 4.74 Å². The Balaban J connectivity index is 2.27. The summed E-state index contributed by atoms with van der Waals surface area (Å²) in [5.74, 6) is 0.354. The van der Waals surface area contributed by atoms with E-state index in [0.29, 0.717) is 12.0 Å². The molecule has 4 nitrogen and oxygen atoms in total. The number of anilines is 1. The quantitative estimate of drug-likeness (QED) is 0.865. The van der Waals surface area contributed by atoms with Crippen molar-refractivity contribution in [3.05, 3.63) is 29.8 Å². The number of carbonyl (C=O) groups is 1. The number of benzene rings is 1. The molecule has 0 spiro atoms. The highest BCUT2D eigenvalue weighted by molar-refractivity contribution is 5.70. The summed E-state index contributed by atoms with van der Waals surface area (Å²) in [5.41, 5.74) is 1.77. The van der Waals surface area contributed by atoms with Crippen molar-refractivity contribution in [3.63, 3.8) is 0 Å². The molecule has 0 saturated carbocycles. The fourth-order valence-electron chi connectivity index (χ4n) is 3.21. The first-order valence-corrected chi connectivity index (χ1v) is 8.20. The summed E-state index contributed by atoms with van der Waals surface area (Å²) in [6.07, 6.45) is 1.68. The number of alkyl carbamates (subject to hydrolysis) is 1. The van der Waals surface area contributed by atoms with Gasteiger partial charge in [-0.3, -0.25) is 0 Å². The van der Waals surface area contributed by atoms with E-state index in [1.165, 1.54) is 0 Å². The number of nitrogens with one attached hydrogen (secondary N) is 2. The van der Waals surface area contributed by atoms with Crippen molar-refractivity contribution in [2.75, 3.05) is 5.32 Å². The number of fused-ring (bicyclic) bond motifs is 1. The van der Waals surface area contributed by atoms with Crippen LogP contribution in [0.25, 0.3) is 0 Å². The molecular formula is C18H28N2O2. The van der Waals surface area contributed by atoms with Crippen LogP contribution in [-0.4, -0.2) is 17.7 Å². The van der Waals surface area contributed by atoms with Crippen molar-refractivity contribution in [1.82, 2.24) is 5.32 Å². The second-order valence-corrected chi connectivity index (χ2v) is 6.94. The largest absolute Gasteiger partial charge is 0.444 e. The lowest BCUT2D eigenvalue weighted by Gasteiger charge is -2.40. The predicted molar refractivity (Wildman–Crippen MR) is 90.0 cm³/mol. The smallest absolute Gasteiger partial charge is 0.408 e. The van der Waals surface area contributed by atoms with Crippen LogP contribution in [0.5, 0.6) is 0 Å². The van der Waals surface area contributed by atoms with Crippen LogP contribution >= 0.6 is 0 Å². The first-order chi connectivity index (χ1) is 10.4. The van der Waals surface area contributed by atoms with Crippen LogP contribution in [0.15, 0.2) is 24.3 Å². The highest BCUT2D eigenvalue weighted by Gasteiger charge is 2.36. The minimum atomic E-state index is -0.484. The van der Waals surface area contributed by atoms with Crippen LogP contribution in [0.1, 0.15) is 59.1 Å². The monoisotopic (exact) mass is 304 g/mol. The van der Waals surface area contributed by atoms with Crippen LogP contribution in [0, 0.1) is 5.92 Å². The standard InChI is InChI=1S/C18H28N2O2/c1-6-12-14(7-2)19-15-11-9-8-10-13(15)16(12)20-17(21)22-18(3,4)5/h8-12,14,16,19H,6-7H2,1-5H3,(H,20,21)/t12?,14-,16?/m0/s1. The summed E-state index contributed by atoms with van der Waals surface area (Å²) in [6, 6.07) is 8.55. The first kappa shape index (κ1) is 16.7. The van der Waals surface area contributed by atoms with E-state index in [1.807, 2.05) is 32.9 Å². The topological polar surface area (TPSA) is 50.4 Å². The van der Waals surface area contributed by atoms with Crippen LogP contribution in [0.3, 0.4) is 0 Å². The minimum Gasteiger partial charge on any atom is -0.444 e. The molecule has 122 valence electrons. The molecule has 0 radical (unpaired) electrons. The third-order valence-electron chi connectivity index (χ3n) is 4.17. The fraction of sp³-hybridized carbons (Fsp3) is 0.611. The molecule has 0 bridgehead atoms. The number of ether oxygens (including phenoxy) is 1. The molecule has 1 heterocycles. The summed E-state index contributed by atoms with van der Waals surface area (Å²) in [6.45, 7) is 10.0. The Morgan fingerprint density at radius 1 is 1.23 bits per heavy atom. The molecule has 2 rings (SSSR count). The Kier molecular flexibility index (Phi) is 4.99. The fourth-order valence-corrected chi connectivity index (χ4v) is 3.21. The van der Waals surface area contributed by atoms with E-state index in [2.05, 4.69) is 36.6 Å². The van der Waals surface area contributed by atoms with Crippen molar-refractivity contribution in [1.29, 1.82) is 0 Å². The molecule has 1 aliphatic heterocycles. The molecule has 2 N–H and O–H groups in total. The number of hydrogen-bond acceptors (Lipinski definition) is 3. The van der Waals surface area contributed by atoms with Crippen LogP contribution in [0.4, 0.5) is 10.5 Å². The van der Waals surface area contributed by atoms with Gasteiger partial charge in [0.2, 0.25) is 0 Å². The van der Waals surface area contributed by atoms with Crippen molar-refractivity contribution in [3.8, 4) is 0 Å². The van der Waals surface area contributed by atoms with E-state index < -0.39 is 5.60 Å². The van der Waals surface area contributed by atoms with Gasteiger partial charge in [0, 0.05) is 17.6 Å². The summed E-state index contributed by atoms with van der Waals surface area (Å²) < 4.78 is 5.45. The first-order valence-electron chi connectivity index (χ1n) is 8.20. The summed E-state index contributed by atoms with van der Waals surface area (Å²) in [5, 5.41) is 6.70. The maximum Gasteiger partial charge on any atom is 0.408 e. The number of hydrogen-bond donors (Lipinski definition) is 2. The zero-order valence-corrected chi connectivity index (χ0v) is 14.3. The van der Waals surface area contributed by atoms with E-state index in [9.17, 15) is 4.79 Å². The molecule has 0 aliphatic carbocycles. The van der Waals surface area contributed by atoms with E-state index in [-0.39, 0.29) is 12.1 Å². The molecule has 0 fully saturated rings. The Morgan fingerprint density at radius 3 is 2.50 bits per heavy atom. The molecular weight excluding hydrogens is 276 g/mol. The van der Waals surface area contributed by atoms with Crippen molar-refractivity contribution >= 4 is 11.8 Å². The molecule has 2 unspecified atom stereocenters. The number of amides is 1. The van der Waals surface area contributed by atoms with Crippen LogP contribution < -0.4 is 10.6 Å². The van der Waals surface area contributed by atoms with Gasteiger partial charge in [-0.15, -0.1) is 0 Å². The van der Waals surface area contributed by atoms with Gasteiger partial charge in [-0.25, -0.2) is 4.79 Å². The number of rotatable bonds is 3. The van der Waals surface area contributed by atoms with E-state index in [0.717, 1.165) is 24.1 Å². The van der Waals surface area contributed by atoms with E-state index in [1.54, 1.807) is 0 Å². The Morgan fingerprint density at radius 2 is 1.91 bits per heavy atom. The van der Waals surface area contributed by atoms with Crippen LogP contribution in [0.2, 0.25) is 0 Å². The lowest BCUT2D eigenvalue weighted by Crippen LogP contribution is -2.45. The lowest BCUT2D eigenvalue weighted by molar-refractivity contribution is 0.0477. The van der Waals surface area contributed by atoms with Crippen molar-refractivity contribution in [2.45, 2.75) is 65.1 Å². The number of para-hydroxylation sites is 1. The Hall–Kier alpha value is -1.71. The van der Waals surface area contributed by atoms with Gasteiger partial charge >= 0.3 is 6.09 Å². The maximum absolute atomic E-state index is 12.2. The van der Waals surface area contributed by atoms with Gasteiger partial charge < -0.3 is 15.4 Å². The zero-order valence-electron chi connectivity index (χ0n) is 14.3. The highest BCUT2D eigenvalue weighted by Crippen LogP contribution is 2.39. The van der Waals surface area contributed by atoms with Crippen molar-refractivity contribution < 1.29 is 9.53 Å². The lowest BCUT2D eigenvalue weighted by atomic mass is 9.80. The Bertz CT molecular complexity index is 522. The second-order valence-electron chi connectivity index (χ2n) is 6.94. The molecule has 1 aromatic rings. The van der Waals surface area contributed by atoms with Gasteiger partial charge in [0.15, 0.2) is 0 Å². The summed E-state index contributed by atoms with van der Waals surface area (Å²) in [7, 11) is 0. The van der Waals surface area contributed by atoms with Gasteiger partial charge in [0.25, 0.3) is 0 Å². The second kappa shape index (κ2) is 6.59. The molecule has 22 heavy (non-hydrogen) atoms. The molecule has 4 heteroatoms. The zero-order chi connectivity index (χ0) is 16.3. The third kappa shape index (κ3) is 3.73. The van der Waals surface area contributed by atoms with Gasteiger partial charge in [-0.05, 0) is 45.2 Å². The average molecular weight is 304 g/mol. The molecule has 1 aliphatic rings. The number of carbonyl (C=O) groups excluding carboxylic acids is 1. The average Bonchev–Trinajstić information content (AvgIpc) is 2.44. The normalized spacial score (nSPS) is 24.1. The maximum atomic E-state index is 12.2. The molecule has 3 atom stereocenters. The van der Waals surface area contributed by atoms with Crippen LogP contribution in [-0.2, 0) is 4.74 Å². The van der Waals surface area contributed by atoms with Crippen molar-refractivity contribution in [2.24, 2.45) is 5.92 Å². The van der Waals surface area contributed by atoms with Gasteiger partial charge in [-0.1, -0.05) is 32.0 Å². The molecule has 1 aromatic carbocycles. The third-order valence-corrected chi connectivity index (χ3v) is 4.17. The highest BCUT2D eigenvalue weighted by atomic mass is 16.6. The van der Waals surface area contributed by atoms with E-state index >= 15 is 0 Å². The minimum absolute atomic E-state index is 0.0118. The van der Waals surface area contributed by atoms with Gasteiger partial charge in [0.1, 0.15) is 5.60 Å². The van der Waals surface area contributed by atoms with Gasteiger partial charge in [-0.2, -0.15) is 0 Å². The summed E-state index contributed by atoms with van der Waals surface area (Å²) in [4.78, 5) is 12.2.